The van der Waals surface area contributed by atoms with Gasteiger partial charge in [0.15, 0.2) is 0 Å². The zero-order valence-electron chi connectivity index (χ0n) is 4.84. The molecule has 0 aliphatic carbocycles. The van der Waals surface area contributed by atoms with Crippen LogP contribution in [0.15, 0.2) is 0 Å². The summed E-state index contributed by atoms with van der Waals surface area (Å²) in [5, 5.41) is 3.03. The molecule has 0 radical (unpaired) electrons. The molecule has 0 aliphatic rings. The van der Waals surface area contributed by atoms with E-state index < -0.39 is 0 Å². The summed E-state index contributed by atoms with van der Waals surface area (Å²) in [4.78, 5) is 0. The van der Waals surface area contributed by atoms with E-state index in [0.717, 1.165) is 13.1 Å². The molecule has 0 unspecified atom stereocenters. The maximum atomic E-state index is 5.17. The van der Waals surface area contributed by atoms with E-state index in [1.165, 1.54) is 0 Å². The van der Waals surface area contributed by atoms with E-state index in [9.17, 15) is 0 Å². The van der Waals surface area contributed by atoms with Gasteiger partial charge in [-0.2, -0.15) is 0 Å². The standard InChI is InChI=1S/C4H13N3.Fe.2Na.2H/c5-1-3-7-4-2-6;;;;;/h7H,1-6H2;;;;;. The number of hydrogen-bond acceptors (Lipinski definition) is 3. The molecule has 6 heteroatoms. The van der Waals surface area contributed by atoms with Crippen LogP contribution in [0.5, 0.6) is 0 Å². The van der Waals surface area contributed by atoms with Crippen LogP contribution in [-0.2, 0) is 17.1 Å². The molecule has 3 nitrogen and oxygen atoms in total. The van der Waals surface area contributed by atoms with Crippen LogP contribution >= 0.6 is 0 Å². The van der Waals surface area contributed by atoms with Crippen LogP contribution in [0.25, 0.3) is 0 Å². The molecule has 0 aromatic rings. The van der Waals surface area contributed by atoms with E-state index in [1.54, 1.807) is 0 Å². The van der Waals surface area contributed by atoms with Crippen molar-refractivity contribution in [2.24, 2.45) is 11.5 Å². The zero-order valence-corrected chi connectivity index (χ0v) is 5.94. The van der Waals surface area contributed by atoms with Crippen LogP contribution in [0.2, 0.25) is 0 Å². The van der Waals surface area contributed by atoms with Crippen molar-refractivity contribution in [2.75, 3.05) is 26.2 Å². The fourth-order valence-electron chi connectivity index (χ4n) is 0.329. The van der Waals surface area contributed by atoms with Gasteiger partial charge in [-0.3, -0.25) is 0 Å². The molecule has 0 aromatic carbocycles. The Bertz CT molecular complexity index is 37.7. The van der Waals surface area contributed by atoms with Gasteiger partial charge >= 0.3 is 59.1 Å². The monoisotopic (exact) mass is 207 g/mol. The summed E-state index contributed by atoms with van der Waals surface area (Å²) in [5.74, 6) is 0. The summed E-state index contributed by atoms with van der Waals surface area (Å²) in [6.07, 6.45) is 0. The van der Waals surface area contributed by atoms with Gasteiger partial charge in [-0.05, 0) is 0 Å². The quantitative estimate of drug-likeness (QED) is 0.344. The summed E-state index contributed by atoms with van der Waals surface area (Å²) in [5.41, 5.74) is 10.3. The number of nitrogens with two attached hydrogens (primary N) is 2. The summed E-state index contributed by atoms with van der Waals surface area (Å²) in [7, 11) is 0. The summed E-state index contributed by atoms with van der Waals surface area (Å²) in [6, 6.07) is 0. The van der Waals surface area contributed by atoms with Crippen molar-refractivity contribution in [3.05, 3.63) is 0 Å². The molecule has 0 amide bonds. The van der Waals surface area contributed by atoms with Crippen molar-refractivity contribution in [3.8, 4) is 0 Å². The molecule has 0 heterocycles. The van der Waals surface area contributed by atoms with Crippen molar-refractivity contribution < 1.29 is 17.1 Å². The normalized spacial score (nSPS) is 6.60. The molecule has 56 valence electrons. The van der Waals surface area contributed by atoms with E-state index >= 15 is 0 Å². The average molecular weight is 207 g/mol. The van der Waals surface area contributed by atoms with Crippen LogP contribution in [0.1, 0.15) is 0 Å². The SMILES string of the molecule is NCCNCCN.[Fe].[NaH].[NaH]. The van der Waals surface area contributed by atoms with E-state index in [1.807, 2.05) is 0 Å². The molecule has 0 aromatic heterocycles. The topological polar surface area (TPSA) is 64.1 Å². The Morgan fingerprint density at radius 2 is 1.20 bits per heavy atom. The third-order valence-electron chi connectivity index (χ3n) is 0.642. The predicted octanol–water partition coefficient (Wildman–Crippen LogP) is -2.81. The molecule has 0 bridgehead atoms. The van der Waals surface area contributed by atoms with Crippen molar-refractivity contribution in [1.82, 2.24) is 5.32 Å². The van der Waals surface area contributed by atoms with E-state index in [4.69, 9.17) is 11.5 Å². The molecule has 0 atom stereocenters. The van der Waals surface area contributed by atoms with Gasteiger partial charge in [-0.1, -0.05) is 0 Å². The van der Waals surface area contributed by atoms with Gasteiger partial charge in [0.1, 0.15) is 0 Å². The Morgan fingerprint density at radius 1 is 0.900 bits per heavy atom. The first kappa shape index (κ1) is 22.8. The first-order chi connectivity index (χ1) is 3.41. The van der Waals surface area contributed by atoms with Gasteiger partial charge in [0.2, 0.25) is 0 Å². The van der Waals surface area contributed by atoms with Gasteiger partial charge < -0.3 is 16.8 Å². The Hall–Kier alpha value is 2.40. The van der Waals surface area contributed by atoms with E-state index in [-0.39, 0.29) is 76.2 Å². The van der Waals surface area contributed by atoms with Crippen molar-refractivity contribution >= 4 is 59.1 Å². The second-order valence-electron chi connectivity index (χ2n) is 1.33. The van der Waals surface area contributed by atoms with Crippen molar-refractivity contribution in [1.29, 1.82) is 0 Å². The third kappa shape index (κ3) is 22.4. The van der Waals surface area contributed by atoms with Crippen LogP contribution in [0.3, 0.4) is 0 Å². The Morgan fingerprint density at radius 3 is 1.40 bits per heavy atom. The molecule has 0 saturated carbocycles. The van der Waals surface area contributed by atoms with Crippen LogP contribution in [-0.4, -0.2) is 85.3 Å². The fraction of sp³-hybridized carbons (Fsp3) is 1.00. The van der Waals surface area contributed by atoms with E-state index in [0.29, 0.717) is 13.1 Å². The third-order valence-corrected chi connectivity index (χ3v) is 0.642. The predicted molar refractivity (Wildman–Crippen MR) is 45.3 cm³/mol. The average Bonchev–Trinajstić information content (AvgIpc) is 1.69. The first-order valence-electron chi connectivity index (χ1n) is 2.52. The molecular formula is C4H15FeN3Na2. The molecule has 5 N–H and O–H groups in total. The second kappa shape index (κ2) is 22.5. The minimum atomic E-state index is 0. The Balaban J connectivity index is -0.0000000600. The fourth-order valence-corrected chi connectivity index (χ4v) is 0.329. The van der Waals surface area contributed by atoms with Gasteiger partial charge in [0.05, 0.1) is 0 Å². The molecule has 0 fully saturated rings. The van der Waals surface area contributed by atoms with Gasteiger partial charge in [-0.25, -0.2) is 0 Å². The molecule has 0 rings (SSSR count). The Kier molecular flexibility index (Phi) is 51.4. The molecule has 10 heavy (non-hydrogen) atoms. The van der Waals surface area contributed by atoms with Crippen molar-refractivity contribution in [2.45, 2.75) is 0 Å². The molecule has 0 spiro atoms. The van der Waals surface area contributed by atoms with Gasteiger partial charge in [-0.15, -0.1) is 0 Å². The van der Waals surface area contributed by atoms with Crippen LogP contribution < -0.4 is 16.8 Å². The first-order valence-corrected chi connectivity index (χ1v) is 2.52. The Labute approximate surface area is 117 Å². The summed E-state index contributed by atoms with van der Waals surface area (Å²) < 4.78 is 0. The number of hydrogen-bond donors (Lipinski definition) is 3. The molecule has 0 aliphatic heterocycles. The summed E-state index contributed by atoms with van der Waals surface area (Å²) >= 11 is 0. The molecule has 0 saturated heterocycles. The maximum absolute atomic E-state index is 5.17. The summed E-state index contributed by atoms with van der Waals surface area (Å²) in [6.45, 7) is 3.13. The minimum absolute atomic E-state index is 0. The second-order valence-corrected chi connectivity index (χ2v) is 1.33. The molecular weight excluding hydrogens is 192 g/mol. The number of rotatable bonds is 4. The number of nitrogens with one attached hydrogen (secondary N) is 1. The van der Waals surface area contributed by atoms with Gasteiger partial charge in [0.25, 0.3) is 0 Å². The van der Waals surface area contributed by atoms with Gasteiger partial charge in [0, 0.05) is 43.2 Å². The zero-order chi connectivity index (χ0) is 5.54. The van der Waals surface area contributed by atoms with Crippen LogP contribution in [0, 0.1) is 0 Å². The van der Waals surface area contributed by atoms with Crippen molar-refractivity contribution in [3.63, 3.8) is 0 Å². The van der Waals surface area contributed by atoms with Crippen LogP contribution in [0.4, 0.5) is 0 Å². The van der Waals surface area contributed by atoms with E-state index in [2.05, 4.69) is 5.32 Å².